The van der Waals surface area contributed by atoms with Crippen molar-refractivity contribution in [1.82, 2.24) is 4.98 Å². The second-order valence-electron chi connectivity index (χ2n) is 3.70. The Hall–Kier alpha value is -0.840. The Balaban J connectivity index is 2.23. The van der Waals surface area contributed by atoms with Gasteiger partial charge in [0, 0.05) is 24.3 Å². The zero-order valence-corrected chi connectivity index (χ0v) is 8.94. The molecule has 0 amide bonds. The Bertz CT molecular complexity index is 353. The van der Waals surface area contributed by atoms with Gasteiger partial charge in [0.15, 0.2) is 0 Å². The van der Waals surface area contributed by atoms with Gasteiger partial charge in [-0.2, -0.15) is 0 Å². The van der Waals surface area contributed by atoms with Crippen molar-refractivity contribution < 1.29 is 9.84 Å². The number of nitrogen functional groups attached to an aromatic ring is 1. The van der Waals surface area contributed by atoms with Gasteiger partial charge in [-0.1, -0.05) is 11.6 Å². The van der Waals surface area contributed by atoms with Crippen LogP contribution in [-0.2, 0) is 4.74 Å². The van der Waals surface area contributed by atoms with Gasteiger partial charge in [-0.05, 0) is 12.5 Å². The molecule has 0 aliphatic carbocycles. The molecular formula is C10H13ClN2O2. The number of nitrogens with two attached hydrogens (primary N) is 1. The molecule has 0 aromatic carbocycles. The highest BCUT2D eigenvalue weighted by Gasteiger charge is 2.27. The summed E-state index contributed by atoms with van der Waals surface area (Å²) in [4.78, 5) is 3.92. The number of rotatable bonds is 2. The van der Waals surface area contributed by atoms with Gasteiger partial charge in [-0.3, -0.25) is 0 Å². The van der Waals surface area contributed by atoms with Crippen LogP contribution in [0.2, 0.25) is 5.02 Å². The lowest BCUT2D eigenvalue weighted by molar-refractivity contribution is 0.0921. The first-order valence-corrected chi connectivity index (χ1v) is 5.23. The normalized spacial score (nSPS) is 22.9. The molecule has 2 unspecified atom stereocenters. The predicted octanol–water partition coefficient (Wildman–Crippen LogP) is 1.39. The van der Waals surface area contributed by atoms with Gasteiger partial charge < -0.3 is 15.6 Å². The molecule has 1 aliphatic heterocycles. The summed E-state index contributed by atoms with van der Waals surface area (Å²) in [5.41, 5.74) is 6.28. The van der Waals surface area contributed by atoms with Crippen molar-refractivity contribution in [3.63, 3.8) is 0 Å². The molecule has 0 spiro atoms. The quantitative estimate of drug-likeness (QED) is 0.803. The molecule has 2 atom stereocenters. The molecule has 0 saturated carbocycles. The molecular weight excluding hydrogens is 216 g/mol. The number of pyridine rings is 1. The van der Waals surface area contributed by atoms with Gasteiger partial charge in [-0.15, -0.1) is 0 Å². The van der Waals surface area contributed by atoms with Gasteiger partial charge in [-0.25, -0.2) is 4.98 Å². The molecule has 0 radical (unpaired) electrons. The lowest BCUT2D eigenvalue weighted by Crippen LogP contribution is -2.14. The first-order valence-electron chi connectivity index (χ1n) is 4.85. The zero-order chi connectivity index (χ0) is 10.8. The lowest BCUT2D eigenvalue weighted by Gasteiger charge is -2.17. The van der Waals surface area contributed by atoms with E-state index in [1.165, 1.54) is 6.20 Å². The minimum absolute atomic E-state index is 0.0903. The number of aliphatic hydroxyl groups excluding tert-OH is 1. The third-order valence-electron chi connectivity index (χ3n) is 2.65. The number of ether oxygens (including phenoxy) is 1. The summed E-state index contributed by atoms with van der Waals surface area (Å²) < 4.78 is 5.22. The van der Waals surface area contributed by atoms with Crippen molar-refractivity contribution in [3.05, 3.63) is 22.8 Å². The molecule has 1 aliphatic rings. The van der Waals surface area contributed by atoms with E-state index in [1.54, 1.807) is 6.07 Å². The summed E-state index contributed by atoms with van der Waals surface area (Å²) in [6, 6.07) is 1.66. The van der Waals surface area contributed by atoms with Crippen LogP contribution >= 0.6 is 11.6 Å². The number of hydrogen-bond donors (Lipinski definition) is 2. The first-order chi connectivity index (χ1) is 7.18. The van der Waals surface area contributed by atoms with Crippen LogP contribution in [0.5, 0.6) is 0 Å². The van der Waals surface area contributed by atoms with E-state index in [2.05, 4.69) is 4.98 Å². The first kappa shape index (κ1) is 10.7. The van der Waals surface area contributed by atoms with Crippen molar-refractivity contribution in [2.24, 2.45) is 5.92 Å². The summed E-state index contributed by atoms with van der Waals surface area (Å²) in [5, 5.41) is 10.6. The fraction of sp³-hybridized carbons (Fsp3) is 0.500. The summed E-state index contributed by atoms with van der Waals surface area (Å²) in [5.74, 6) is 0.423. The molecule has 2 rings (SSSR count). The standard InChI is InChI=1S/C10H13ClN2O2/c11-7-3-8(10(12)13-4-7)9(14)6-1-2-15-5-6/h3-4,6,9,14H,1-2,5H2,(H2,12,13). The van der Waals surface area contributed by atoms with E-state index in [9.17, 15) is 5.11 Å². The molecule has 82 valence electrons. The van der Waals surface area contributed by atoms with Crippen molar-refractivity contribution in [2.45, 2.75) is 12.5 Å². The fourth-order valence-electron chi connectivity index (χ4n) is 1.76. The summed E-state index contributed by atoms with van der Waals surface area (Å²) >= 11 is 5.81. The van der Waals surface area contributed by atoms with E-state index in [4.69, 9.17) is 22.1 Å². The number of halogens is 1. The van der Waals surface area contributed by atoms with Gasteiger partial charge in [0.1, 0.15) is 5.82 Å². The van der Waals surface area contributed by atoms with Crippen LogP contribution in [0.3, 0.4) is 0 Å². The number of aromatic nitrogens is 1. The van der Waals surface area contributed by atoms with Gasteiger partial charge in [0.2, 0.25) is 0 Å². The number of anilines is 1. The SMILES string of the molecule is Nc1ncc(Cl)cc1C(O)C1CCOC1. The van der Waals surface area contributed by atoms with E-state index < -0.39 is 6.10 Å². The molecule has 15 heavy (non-hydrogen) atoms. The van der Waals surface area contributed by atoms with Crippen LogP contribution in [0, 0.1) is 5.92 Å². The minimum atomic E-state index is -0.640. The van der Waals surface area contributed by atoms with E-state index in [-0.39, 0.29) is 5.92 Å². The van der Waals surface area contributed by atoms with Crippen LogP contribution in [0.15, 0.2) is 12.3 Å². The van der Waals surface area contributed by atoms with Crippen molar-refractivity contribution in [2.75, 3.05) is 18.9 Å². The number of hydrogen-bond acceptors (Lipinski definition) is 4. The average molecular weight is 229 g/mol. The Morgan fingerprint density at radius 2 is 2.47 bits per heavy atom. The monoisotopic (exact) mass is 228 g/mol. The Morgan fingerprint density at radius 1 is 1.67 bits per heavy atom. The van der Waals surface area contributed by atoms with Crippen LogP contribution in [0.1, 0.15) is 18.1 Å². The third-order valence-corrected chi connectivity index (χ3v) is 2.85. The minimum Gasteiger partial charge on any atom is -0.388 e. The highest BCUT2D eigenvalue weighted by molar-refractivity contribution is 6.30. The second kappa shape index (κ2) is 4.35. The van der Waals surface area contributed by atoms with Crippen LogP contribution < -0.4 is 5.73 Å². The van der Waals surface area contributed by atoms with Gasteiger partial charge in [0.05, 0.1) is 17.7 Å². The van der Waals surface area contributed by atoms with Crippen molar-refractivity contribution in [1.29, 1.82) is 0 Å². The van der Waals surface area contributed by atoms with E-state index in [0.717, 1.165) is 6.42 Å². The molecule has 4 nitrogen and oxygen atoms in total. The smallest absolute Gasteiger partial charge is 0.129 e. The number of aliphatic hydroxyl groups is 1. The Kier molecular flexibility index (Phi) is 3.09. The molecule has 3 N–H and O–H groups in total. The maximum Gasteiger partial charge on any atom is 0.129 e. The second-order valence-corrected chi connectivity index (χ2v) is 4.13. The Labute approximate surface area is 93.0 Å². The maximum absolute atomic E-state index is 10.1. The largest absolute Gasteiger partial charge is 0.388 e. The fourth-order valence-corrected chi connectivity index (χ4v) is 1.92. The Morgan fingerprint density at radius 3 is 3.13 bits per heavy atom. The van der Waals surface area contributed by atoms with E-state index in [1.807, 2.05) is 0 Å². The van der Waals surface area contributed by atoms with E-state index in [0.29, 0.717) is 29.6 Å². The molecule has 5 heteroatoms. The molecule has 2 heterocycles. The maximum atomic E-state index is 10.1. The number of nitrogens with zero attached hydrogens (tertiary/aromatic N) is 1. The third kappa shape index (κ3) is 2.22. The van der Waals surface area contributed by atoms with Crippen LogP contribution in [-0.4, -0.2) is 23.3 Å². The molecule has 1 aromatic heterocycles. The van der Waals surface area contributed by atoms with Crippen molar-refractivity contribution in [3.8, 4) is 0 Å². The highest BCUT2D eigenvalue weighted by Crippen LogP contribution is 2.32. The van der Waals surface area contributed by atoms with E-state index >= 15 is 0 Å². The highest BCUT2D eigenvalue weighted by atomic mass is 35.5. The average Bonchev–Trinajstić information content (AvgIpc) is 2.74. The summed E-state index contributed by atoms with van der Waals surface area (Å²) in [6.45, 7) is 1.25. The summed E-state index contributed by atoms with van der Waals surface area (Å²) in [7, 11) is 0. The van der Waals surface area contributed by atoms with Gasteiger partial charge in [0.25, 0.3) is 0 Å². The molecule has 1 saturated heterocycles. The summed E-state index contributed by atoms with van der Waals surface area (Å²) in [6.07, 6.45) is 1.67. The topological polar surface area (TPSA) is 68.4 Å². The lowest BCUT2D eigenvalue weighted by atomic mass is 9.96. The van der Waals surface area contributed by atoms with Crippen molar-refractivity contribution >= 4 is 17.4 Å². The van der Waals surface area contributed by atoms with Crippen LogP contribution in [0.4, 0.5) is 5.82 Å². The zero-order valence-electron chi connectivity index (χ0n) is 8.19. The van der Waals surface area contributed by atoms with Gasteiger partial charge >= 0.3 is 0 Å². The van der Waals surface area contributed by atoms with Crippen LogP contribution in [0.25, 0.3) is 0 Å². The molecule has 0 bridgehead atoms. The molecule has 1 fully saturated rings. The molecule has 1 aromatic rings. The predicted molar refractivity (Wildman–Crippen MR) is 57.5 cm³/mol.